The van der Waals surface area contributed by atoms with Gasteiger partial charge in [-0.1, -0.05) is 60.7 Å². The highest BCUT2D eigenvalue weighted by Gasteiger charge is 2.17. The Labute approximate surface area is 234 Å². The predicted octanol–water partition coefficient (Wildman–Crippen LogP) is 10.5. The normalized spacial score (nSPS) is 12.0. The van der Waals surface area contributed by atoms with Gasteiger partial charge in [-0.3, -0.25) is 4.98 Å². The third kappa shape index (κ3) is 3.07. The maximum Gasteiger partial charge on any atom is 0.0547 e. The van der Waals surface area contributed by atoms with Crippen LogP contribution in [0.2, 0.25) is 0 Å². The number of rotatable bonds is 2. The molecule has 0 amide bonds. The molecule has 0 atom stereocenters. The van der Waals surface area contributed by atoms with Crippen LogP contribution in [0.3, 0.4) is 0 Å². The van der Waals surface area contributed by atoms with Crippen molar-refractivity contribution >= 4 is 74.9 Å². The first kappa shape index (κ1) is 21.9. The van der Waals surface area contributed by atoms with E-state index in [4.69, 9.17) is 0 Å². The summed E-state index contributed by atoms with van der Waals surface area (Å²) in [6.07, 6.45) is 3.83. The van der Waals surface area contributed by atoms with Gasteiger partial charge in [0.05, 0.1) is 11.0 Å². The summed E-state index contributed by atoms with van der Waals surface area (Å²) in [5.41, 5.74) is 5.97. The van der Waals surface area contributed by atoms with Gasteiger partial charge < -0.3 is 4.57 Å². The van der Waals surface area contributed by atoms with E-state index in [2.05, 4.69) is 125 Å². The lowest BCUT2D eigenvalue weighted by Crippen LogP contribution is -1.93. The van der Waals surface area contributed by atoms with Crippen molar-refractivity contribution in [3.8, 4) is 16.8 Å². The van der Waals surface area contributed by atoms with Crippen LogP contribution in [0.1, 0.15) is 0 Å². The predicted molar refractivity (Wildman–Crippen MR) is 172 cm³/mol. The van der Waals surface area contributed by atoms with Crippen LogP contribution >= 0.6 is 11.3 Å². The first-order valence-electron chi connectivity index (χ1n) is 13.5. The van der Waals surface area contributed by atoms with Crippen LogP contribution in [-0.2, 0) is 0 Å². The van der Waals surface area contributed by atoms with Crippen molar-refractivity contribution in [3.63, 3.8) is 0 Å². The number of thiophene rings is 1. The molecule has 0 unspecified atom stereocenters. The monoisotopic (exact) mass is 526 g/mol. The van der Waals surface area contributed by atoms with Crippen molar-refractivity contribution in [1.29, 1.82) is 0 Å². The molecular formula is C37H22N2S. The lowest BCUT2D eigenvalue weighted by atomic mass is 9.92. The van der Waals surface area contributed by atoms with Crippen molar-refractivity contribution in [1.82, 2.24) is 9.55 Å². The largest absolute Gasteiger partial charge is 0.309 e. The molecule has 186 valence electrons. The number of fused-ring (bicyclic) bond motifs is 9. The van der Waals surface area contributed by atoms with Crippen molar-refractivity contribution in [2.45, 2.75) is 0 Å². The van der Waals surface area contributed by atoms with Gasteiger partial charge in [-0.2, -0.15) is 0 Å². The SMILES string of the molecule is c1ccc(-n2c3ccccc3c3cc4c(-c5cccnc5)cc5cc6sc7ccccc7c6cc5c4cc32)cc1. The zero-order chi connectivity index (χ0) is 26.2. The van der Waals surface area contributed by atoms with E-state index in [9.17, 15) is 0 Å². The van der Waals surface area contributed by atoms with Crippen LogP contribution in [0.25, 0.3) is 80.3 Å². The van der Waals surface area contributed by atoms with Gasteiger partial charge in [-0.05, 0) is 87.8 Å². The molecule has 0 saturated carbocycles. The van der Waals surface area contributed by atoms with Crippen molar-refractivity contribution in [3.05, 3.63) is 134 Å². The Morgan fingerprint density at radius 3 is 2.17 bits per heavy atom. The molecule has 0 N–H and O–H groups in total. The van der Waals surface area contributed by atoms with E-state index < -0.39 is 0 Å². The molecule has 6 aromatic carbocycles. The molecule has 2 nitrogen and oxygen atoms in total. The van der Waals surface area contributed by atoms with Gasteiger partial charge in [0.2, 0.25) is 0 Å². The minimum absolute atomic E-state index is 1.14. The highest BCUT2D eigenvalue weighted by Crippen LogP contribution is 2.43. The molecule has 3 aromatic heterocycles. The Balaban J connectivity index is 1.51. The first-order chi connectivity index (χ1) is 19.8. The Morgan fingerprint density at radius 1 is 0.500 bits per heavy atom. The van der Waals surface area contributed by atoms with E-state index in [1.54, 1.807) is 0 Å². The quantitative estimate of drug-likeness (QED) is 0.205. The molecule has 0 aliphatic rings. The number of hydrogen-bond acceptors (Lipinski definition) is 2. The van der Waals surface area contributed by atoms with Gasteiger partial charge >= 0.3 is 0 Å². The second-order valence-corrected chi connectivity index (χ2v) is 11.5. The Morgan fingerprint density at radius 2 is 1.30 bits per heavy atom. The third-order valence-electron chi connectivity index (χ3n) is 8.23. The van der Waals surface area contributed by atoms with E-state index in [0.717, 1.165) is 5.56 Å². The molecule has 0 fully saturated rings. The molecule has 0 aliphatic heterocycles. The summed E-state index contributed by atoms with van der Waals surface area (Å²) in [7, 11) is 0. The molecule has 9 rings (SSSR count). The third-order valence-corrected chi connectivity index (χ3v) is 9.36. The molecule has 0 bridgehead atoms. The van der Waals surface area contributed by atoms with Crippen LogP contribution < -0.4 is 0 Å². The molecule has 3 heteroatoms. The second kappa shape index (κ2) is 8.25. The Hall–Kier alpha value is -4.99. The number of benzene rings is 6. The van der Waals surface area contributed by atoms with Crippen LogP contribution in [0.15, 0.2) is 134 Å². The maximum absolute atomic E-state index is 4.48. The summed E-state index contributed by atoms with van der Waals surface area (Å²) in [5.74, 6) is 0. The second-order valence-electron chi connectivity index (χ2n) is 10.4. The zero-order valence-corrected chi connectivity index (χ0v) is 22.3. The molecule has 0 spiro atoms. The summed E-state index contributed by atoms with van der Waals surface area (Å²) in [6, 6.07) is 44.4. The van der Waals surface area contributed by atoms with Gasteiger partial charge in [-0.15, -0.1) is 11.3 Å². The fraction of sp³-hybridized carbons (Fsp3) is 0. The van der Waals surface area contributed by atoms with Gasteiger partial charge in [-0.25, -0.2) is 0 Å². The summed E-state index contributed by atoms with van der Waals surface area (Å²) < 4.78 is 5.06. The summed E-state index contributed by atoms with van der Waals surface area (Å²) in [6.45, 7) is 0. The number of aromatic nitrogens is 2. The molecule has 0 aliphatic carbocycles. The number of pyridine rings is 1. The average molecular weight is 527 g/mol. The number of nitrogens with zero attached hydrogens (tertiary/aromatic N) is 2. The molecule has 3 heterocycles. The minimum atomic E-state index is 1.14. The maximum atomic E-state index is 4.48. The van der Waals surface area contributed by atoms with E-state index in [0.29, 0.717) is 0 Å². The molecule has 0 radical (unpaired) electrons. The van der Waals surface area contributed by atoms with Crippen LogP contribution in [0.4, 0.5) is 0 Å². The molecule has 0 saturated heterocycles. The van der Waals surface area contributed by atoms with E-state index >= 15 is 0 Å². The van der Waals surface area contributed by atoms with E-state index in [-0.39, 0.29) is 0 Å². The van der Waals surface area contributed by atoms with Gasteiger partial charge in [0.25, 0.3) is 0 Å². The Bertz CT molecular complexity index is 2420. The Kier molecular flexibility index (Phi) is 4.52. The average Bonchev–Trinajstić information content (AvgIpc) is 3.54. The fourth-order valence-electron chi connectivity index (χ4n) is 6.45. The number of hydrogen-bond donors (Lipinski definition) is 0. The lowest BCUT2D eigenvalue weighted by Gasteiger charge is -2.13. The zero-order valence-electron chi connectivity index (χ0n) is 21.5. The molecular weight excluding hydrogens is 504 g/mol. The first-order valence-corrected chi connectivity index (χ1v) is 14.4. The fourth-order valence-corrected chi connectivity index (χ4v) is 7.59. The van der Waals surface area contributed by atoms with Gasteiger partial charge in [0, 0.05) is 54.6 Å². The minimum Gasteiger partial charge on any atom is -0.309 e. The van der Waals surface area contributed by atoms with Crippen LogP contribution in [-0.4, -0.2) is 9.55 Å². The van der Waals surface area contributed by atoms with Crippen LogP contribution in [0.5, 0.6) is 0 Å². The van der Waals surface area contributed by atoms with E-state index in [1.807, 2.05) is 29.8 Å². The summed E-state index contributed by atoms with van der Waals surface area (Å²) in [4.78, 5) is 4.48. The molecule has 40 heavy (non-hydrogen) atoms. The van der Waals surface area contributed by atoms with Gasteiger partial charge in [0.15, 0.2) is 0 Å². The van der Waals surface area contributed by atoms with Crippen molar-refractivity contribution in [2.75, 3.05) is 0 Å². The standard InChI is InChI=1S/C37H22N2S/c1-2-10-25(11-3-1)39-34-14-6-4-12-26(34)32-20-30-28(23-9-8-16-38-22-23)17-24-18-37-33(19-29(24)31(30)21-35(32)39)27-13-5-7-15-36(27)40-37/h1-22H. The van der Waals surface area contributed by atoms with Crippen LogP contribution in [0, 0.1) is 0 Å². The summed E-state index contributed by atoms with van der Waals surface area (Å²) >= 11 is 1.87. The van der Waals surface area contributed by atoms with E-state index in [1.165, 1.54) is 74.8 Å². The topological polar surface area (TPSA) is 17.8 Å². The number of para-hydroxylation sites is 2. The van der Waals surface area contributed by atoms with Gasteiger partial charge in [0.1, 0.15) is 0 Å². The highest BCUT2D eigenvalue weighted by molar-refractivity contribution is 7.25. The summed E-state index contributed by atoms with van der Waals surface area (Å²) in [5, 5.41) is 10.2. The van der Waals surface area contributed by atoms with Crippen molar-refractivity contribution < 1.29 is 0 Å². The lowest BCUT2D eigenvalue weighted by molar-refractivity contribution is 1.18. The van der Waals surface area contributed by atoms with Crippen molar-refractivity contribution in [2.24, 2.45) is 0 Å². The smallest absolute Gasteiger partial charge is 0.0547 e. The molecule has 9 aromatic rings. The highest BCUT2D eigenvalue weighted by atomic mass is 32.1.